The summed E-state index contributed by atoms with van der Waals surface area (Å²) in [5.74, 6) is -0.0285. The van der Waals surface area contributed by atoms with Gasteiger partial charge in [-0.05, 0) is 18.1 Å². The molecule has 0 saturated carbocycles. The van der Waals surface area contributed by atoms with E-state index in [-0.39, 0.29) is 12.3 Å². The molecule has 0 amide bonds. The van der Waals surface area contributed by atoms with Crippen LogP contribution in [0.15, 0.2) is 29.6 Å². The Balaban J connectivity index is 2.01. The molecule has 2 rings (SSSR count). The molecule has 0 spiro atoms. The Morgan fingerprint density at radius 1 is 1.37 bits per heavy atom. The van der Waals surface area contributed by atoms with Gasteiger partial charge in [0.15, 0.2) is 5.13 Å². The van der Waals surface area contributed by atoms with Gasteiger partial charge in [-0.3, -0.25) is 0 Å². The lowest BCUT2D eigenvalue weighted by Gasteiger charge is -2.07. The van der Waals surface area contributed by atoms with E-state index < -0.39 is 10.0 Å². The second-order valence-corrected chi connectivity index (χ2v) is 6.88. The molecule has 0 saturated heterocycles. The first-order valence-corrected chi connectivity index (χ1v) is 8.21. The fourth-order valence-corrected chi connectivity index (χ4v) is 3.38. The van der Waals surface area contributed by atoms with Crippen molar-refractivity contribution in [1.82, 2.24) is 9.71 Å². The standard InChI is InChI=1S/C12H15N3O2S2/c1-9-4-2-3-5-10(9)8-19(16,17)14-6-11-7-18-12(13)15-11/h2-5,7,14H,6,8H2,1H3,(H2,13,15). The lowest BCUT2D eigenvalue weighted by Crippen LogP contribution is -2.25. The van der Waals surface area contributed by atoms with E-state index in [1.807, 2.05) is 31.2 Å². The van der Waals surface area contributed by atoms with Gasteiger partial charge in [-0.15, -0.1) is 11.3 Å². The molecule has 0 fully saturated rings. The number of benzene rings is 1. The zero-order valence-electron chi connectivity index (χ0n) is 10.5. The van der Waals surface area contributed by atoms with Crippen LogP contribution in [0.4, 0.5) is 5.13 Å². The summed E-state index contributed by atoms with van der Waals surface area (Å²) in [6.07, 6.45) is 0. The summed E-state index contributed by atoms with van der Waals surface area (Å²) in [4.78, 5) is 4.01. The molecule has 1 heterocycles. The molecule has 0 atom stereocenters. The van der Waals surface area contributed by atoms with Crippen molar-refractivity contribution >= 4 is 26.5 Å². The number of nitrogens with two attached hydrogens (primary N) is 1. The van der Waals surface area contributed by atoms with Gasteiger partial charge in [0.1, 0.15) is 0 Å². The lowest BCUT2D eigenvalue weighted by molar-refractivity contribution is 0.579. The first-order valence-electron chi connectivity index (χ1n) is 5.68. The average Bonchev–Trinajstić information content (AvgIpc) is 2.76. The third kappa shape index (κ3) is 4.02. The molecular weight excluding hydrogens is 282 g/mol. The number of nitrogens with one attached hydrogen (secondary N) is 1. The van der Waals surface area contributed by atoms with Gasteiger partial charge < -0.3 is 5.73 Å². The number of sulfonamides is 1. The summed E-state index contributed by atoms with van der Waals surface area (Å²) in [5, 5.41) is 2.18. The fraction of sp³-hybridized carbons (Fsp3) is 0.250. The van der Waals surface area contributed by atoms with Crippen LogP contribution in [0.1, 0.15) is 16.8 Å². The minimum absolute atomic E-state index is 0.0285. The number of hydrogen-bond donors (Lipinski definition) is 2. The van der Waals surface area contributed by atoms with Crippen molar-refractivity contribution in [2.45, 2.75) is 19.2 Å². The third-order valence-corrected chi connectivity index (χ3v) is 4.65. The monoisotopic (exact) mass is 297 g/mol. The molecule has 0 bridgehead atoms. The molecule has 19 heavy (non-hydrogen) atoms. The van der Waals surface area contributed by atoms with Crippen molar-refractivity contribution in [2.75, 3.05) is 5.73 Å². The summed E-state index contributed by atoms with van der Waals surface area (Å²) < 4.78 is 26.5. The summed E-state index contributed by atoms with van der Waals surface area (Å²) in [5.41, 5.74) is 7.89. The van der Waals surface area contributed by atoms with E-state index in [4.69, 9.17) is 5.73 Å². The molecule has 3 N–H and O–H groups in total. The summed E-state index contributed by atoms with van der Waals surface area (Å²) >= 11 is 1.29. The second kappa shape index (κ2) is 5.68. The normalized spacial score (nSPS) is 11.6. The van der Waals surface area contributed by atoms with Crippen molar-refractivity contribution in [3.8, 4) is 0 Å². The van der Waals surface area contributed by atoms with Crippen LogP contribution in [0.3, 0.4) is 0 Å². The Bertz CT molecular complexity index is 665. The van der Waals surface area contributed by atoms with E-state index >= 15 is 0 Å². The molecule has 0 aliphatic heterocycles. The fourth-order valence-electron chi connectivity index (χ4n) is 1.62. The van der Waals surface area contributed by atoms with E-state index in [0.29, 0.717) is 10.8 Å². The summed E-state index contributed by atoms with van der Waals surface area (Å²) in [7, 11) is -3.37. The molecule has 1 aromatic heterocycles. The van der Waals surface area contributed by atoms with E-state index in [0.717, 1.165) is 11.1 Å². The molecule has 0 radical (unpaired) electrons. The number of thiazole rings is 1. The minimum atomic E-state index is -3.37. The Hall–Kier alpha value is -1.44. The third-order valence-electron chi connectivity index (χ3n) is 2.65. The SMILES string of the molecule is Cc1ccccc1CS(=O)(=O)NCc1csc(N)n1. The first kappa shape index (κ1) is 14.0. The van der Waals surface area contributed by atoms with E-state index in [2.05, 4.69) is 9.71 Å². The number of nitrogens with zero attached hydrogens (tertiary/aromatic N) is 1. The van der Waals surface area contributed by atoms with Gasteiger partial charge in [-0.2, -0.15) is 0 Å². The van der Waals surface area contributed by atoms with Gasteiger partial charge in [-0.1, -0.05) is 24.3 Å². The zero-order valence-corrected chi connectivity index (χ0v) is 12.1. The molecule has 1 aromatic carbocycles. The highest BCUT2D eigenvalue weighted by atomic mass is 32.2. The molecule has 7 heteroatoms. The van der Waals surface area contributed by atoms with Crippen LogP contribution in [-0.4, -0.2) is 13.4 Å². The van der Waals surface area contributed by atoms with Crippen molar-refractivity contribution < 1.29 is 8.42 Å². The molecule has 0 aliphatic carbocycles. The Labute approximate surface area is 116 Å². The van der Waals surface area contributed by atoms with Crippen molar-refractivity contribution in [2.24, 2.45) is 0 Å². The number of aryl methyl sites for hydroxylation is 1. The topological polar surface area (TPSA) is 85.1 Å². The molecule has 0 aliphatic rings. The zero-order chi connectivity index (χ0) is 13.9. The summed E-state index contributed by atoms with van der Waals surface area (Å²) in [6, 6.07) is 7.43. The molecule has 102 valence electrons. The first-order chi connectivity index (χ1) is 8.96. The maximum Gasteiger partial charge on any atom is 0.216 e. The van der Waals surface area contributed by atoms with E-state index in [9.17, 15) is 8.42 Å². The predicted octanol–water partition coefficient (Wildman–Crippen LogP) is 1.65. The number of rotatable bonds is 5. The quantitative estimate of drug-likeness (QED) is 0.879. The van der Waals surface area contributed by atoms with Crippen LogP contribution in [0, 0.1) is 6.92 Å². The Morgan fingerprint density at radius 3 is 2.74 bits per heavy atom. The summed E-state index contributed by atoms with van der Waals surface area (Å²) in [6.45, 7) is 2.06. The Morgan fingerprint density at radius 2 is 2.11 bits per heavy atom. The number of hydrogen-bond acceptors (Lipinski definition) is 5. The van der Waals surface area contributed by atoms with Crippen molar-refractivity contribution in [3.05, 3.63) is 46.5 Å². The maximum absolute atomic E-state index is 12.0. The average molecular weight is 297 g/mol. The molecule has 0 unspecified atom stereocenters. The number of nitrogen functional groups attached to an aromatic ring is 1. The maximum atomic E-state index is 12.0. The molecule has 5 nitrogen and oxygen atoms in total. The van der Waals surface area contributed by atoms with Crippen LogP contribution >= 0.6 is 11.3 Å². The van der Waals surface area contributed by atoms with Crippen LogP contribution in [0.25, 0.3) is 0 Å². The lowest BCUT2D eigenvalue weighted by atomic mass is 10.1. The molecular formula is C12H15N3O2S2. The van der Waals surface area contributed by atoms with Crippen LogP contribution in [-0.2, 0) is 22.3 Å². The van der Waals surface area contributed by atoms with E-state index in [1.54, 1.807) is 5.38 Å². The van der Waals surface area contributed by atoms with Crippen LogP contribution < -0.4 is 10.5 Å². The molecule has 2 aromatic rings. The predicted molar refractivity (Wildman–Crippen MR) is 77.2 cm³/mol. The largest absolute Gasteiger partial charge is 0.375 e. The smallest absolute Gasteiger partial charge is 0.216 e. The highest BCUT2D eigenvalue weighted by molar-refractivity contribution is 7.88. The minimum Gasteiger partial charge on any atom is -0.375 e. The van der Waals surface area contributed by atoms with Gasteiger partial charge in [0, 0.05) is 5.38 Å². The second-order valence-electron chi connectivity index (χ2n) is 4.18. The number of anilines is 1. The highest BCUT2D eigenvalue weighted by Crippen LogP contribution is 2.13. The van der Waals surface area contributed by atoms with Gasteiger partial charge in [-0.25, -0.2) is 18.1 Å². The van der Waals surface area contributed by atoms with Gasteiger partial charge >= 0.3 is 0 Å². The number of aromatic nitrogens is 1. The highest BCUT2D eigenvalue weighted by Gasteiger charge is 2.13. The van der Waals surface area contributed by atoms with Crippen LogP contribution in [0.5, 0.6) is 0 Å². The van der Waals surface area contributed by atoms with Crippen LogP contribution in [0.2, 0.25) is 0 Å². The van der Waals surface area contributed by atoms with E-state index in [1.165, 1.54) is 11.3 Å². The van der Waals surface area contributed by atoms with Crippen molar-refractivity contribution in [3.63, 3.8) is 0 Å². The Kier molecular flexibility index (Phi) is 4.18. The van der Waals surface area contributed by atoms with Gasteiger partial charge in [0.2, 0.25) is 10.0 Å². The van der Waals surface area contributed by atoms with Crippen molar-refractivity contribution in [1.29, 1.82) is 0 Å². The van der Waals surface area contributed by atoms with Gasteiger partial charge in [0.05, 0.1) is 18.0 Å². The van der Waals surface area contributed by atoms with Gasteiger partial charge in [0.25, 0.3) is 0 Å².